The lowest BCUT2D eigenvalue weighted by Gasteiger charge is -2.69. The minimum atomic E-state index is -1.16. The van der Waals surface area contributed by atoms with Gasteiger partial charge in [0.25, 0.3) is 0 Å². The number of hydrogen-bond donors (Lipinski definition) is 6. The van der Waals surface area contributed by atoms with E-state index >= 15 is 0 Å². The summed E-state index contributed by atoms with van der Waals surface area (Å²) in [5.41, 5.74) is 5.69. The van der Waals surface area contributed by atoms with E-state index < -0.39 is 5.97 Å². The molecule has 4 bridgehead atoms. The number of thiazole rings is 1. The minimum absolute atomic E-state index is 0.0123. The van der Waals surface area contributed by atoms with E-state index in [-0.39, 0.29) is 40.8 Å². The second-order valence-electron chi connectivity index (χ2n) is 19.5. The number of hydrogen-bond acceptors (Lipinski definition) is 14. The first-order valence-electron chi connectivity index (χ1n) is 22.2. The number of aromatic carboxylic acids is 1. The van der Waals surface area contributed by atoms with Gasteiger partial charge in [0.15, 0.2) is 22.5 Å². The molecule has 9 rings (SSSR count). The maximum Gasteiger partial charge on any atom is 0.355 e. The summed E-state index contributed by atoms with van der Waals surface area (Å²) < 4.78 is 8.07. The summed E-state index contributed by atoms with van der Waals surface area (Å²) in [4.78, 5) is 26.7. The molecule has 0 saturated heterocycles. The number of fused-ring (bicyclic) bond motifs is 2. The lowest BCUT2D eigenvalue weighted by atomic mass is 9.39. The monoisotopic (exact) mass is 865 g/mol. The van der Waals surface area contributed by atoms with Crippen LogP contribution < -0.4 is 15.5 Å². The summed E-state index contributed by atoms with van der Waals surface area (Å²) >= 11 is 1.57. The Morgan fingerprint density at radius 2 is 1.73 bits per heavy atom. The van der Waals surface area contributed by atoms with Crippen LogP contribution in [0.4, 0.5) is 22.6 Å². The zero-order valence-corrected chi connectivity index (χ0v) is 37.8. The third kappa shape index (κ3) is 8.96. The van der Waals surface area contributed by atoms with Gasteiger partial charge < -0.3 is 45.9 Å². The SMILES string of the molecule is C/C(NCC12CC3(C)CC(C)(C1)CC(OCCN(CCCO)CCCO)(C3)C2)=C(/C=N)c1ccc(N2CCCc3c2nnc(Nc2nc4cc(C)ccc4s2)c3C)nc1C(=O)O. The van der Waals surface area contributed by atoms with Crippen LogP contribution in [-0.4, -0.2) is 111 Å². The standard InChI is InChI=1S/C47H63N9O5S/c1-30-10-12-37-36(21-30)50-43(62-37)52-40-31(2)33-9-6-16-56(41(33)54-53-40)38-13-11-34(39(51-38)42(59)60)35(22-48)32(3)49-29-46-24-44(4)23-45(5,25-46)27-47(26-44,28-46)61-20-17-55(14-7-18-57)15-8-19-58/h10-13,21-22,48-49,57-58H,6-9,14-20,23-29H2,1-5H3,(H,59,60)(H,50,52,53)/b35-32+,48-22?. The van der Waals surface area contributed by atoms with Crippen LogP contribution >= 0.6 is 11.3 Å². The number of carboxylic acids is 1. The first-order chi connectivity index (χ1) is 29.7. The molecule has 6 N–H and O–H groups in total. The van der Waals surface area contributed by atoms with Gasteiger partial charge in [-0.15, -0.1) is 10.2 Å². The second-order valence-corrected chi connectivity index (χ2v) is 20.5. The fraction of sp³-hybridized carbons (Fsp3) is 0.574. The van der Waals surface area contributed by atoms with Gasteiger partial charge in [0.1, 0.15) is 5.82 Å². The quantitative estimate of drug-likeness (QED) is 0.0501. The molecule has 5 aliphatic rings. The molecule has 3 aromatic heterocycles. The maximum absolute atomic E-state index is 12.9. The molecule has 2 atom stereocenters. The van der Waals surface area contributed by atoms with Gasteiger partial charge in [-0.1, -0.05) is 31.3 Å². The molecule has 0 radical (unpaired) electrons. The Hall–Kier alpha value is -4.54. The van der Waals surface area contributed by atoms with Gasteiger partial charge in [0.05, 0.1) is 22.4 Å². The van der Waals surface area contributed by atoms with Gasteiger partial charge in [-0.05, 0) is 131 Å². The number of carboxylic acid groups (broad SMARTS) is 1. The zero-order valence-electron chi connectivity index (χ0n) is 36.9. The Labute approximate surface area is 368 Å². The second kappa shape index (κ2) is 17.6. The molecule has 4 fully saturated rings. The molecule has 4 heterocycles. The van der Waals surface area contributed by atoms with E-state index in [9.17, 15) is 20.1 Å². The number of aryl methyl sites for hydroxylation is 1. The van der Waals surface area contributed by atoms with Gasteiger partial charge in [-0.2, -0.15) is 0 Å². The molecule has 62 heavy (non-hydrogen) atoms. The van der Waals surface area contributed by atoms with Crippen molar-refractivity contribution in [3.63, 3.8) is 0 Å². The zero-order chi connectivity index (χ0) is 43.9. The lowest BCUT2D eigenvalue weighted by Crippen LogP contribution is -2.65. The Morgan fingerprint density at radius 3 is 2.42 bits per heavy atom. The number of aliphatic hydroxyl groups is 2. The molecule has 0 spiro atoms. The maximum atomic E-state index is 12.9. The van der Waals surface area contributed by atoms with E-state index in [1.54, 1.807) is 17.4 Å². The van der Waals surface area contributed by atoms with Crippen molar-refractivity contribution in [1.29, 1.82) is 5.41 Å². The van der Waals surface area contributed by atoms with Crippen LogP contribution in [0.1, 0.15) is 111 Å². The third-order valence-electron chi connectivity index (χ3n) is 13.8. The van der Waals surface area contributed by atoms with Crippen LogP contribution in [0.15, 0.2) is 36.0 Å². The van der Waals surface area contributed by atoms with Crippen LogP contribution in [0.5, 0.6) is 0 Å². The summed E-state index contributed by atoms with van der Waals surface area (Å²) in [6.45, 7) is 15.4. The largest absolute Gasteiger partial charge is 0.476 e. The van der Waals surface area contributed by atoms with E-state index in [0.717, 1.165) is 102 Å². The average molecular weight is 866 g/mol. The topological polar surface area (TPSA) is 193 Å². The number of aliphatic hydroxyl groups excluding tert-OH is 2. The normalized spacial score (nSPS) is 25.6. The van der Waals surface area contributed by atoms with E-state index in [4.69, 9.17) is 20.1 Å². The fourth-order valence-corrected chi connectivity index (χ4v) is 13.2. The summed E-state index contributed by atoms with van der Waals surface area (Å²) in [5.74, 6) is 0.623. The van der Waals surface area contributed by atoms with Gasteiger partial charge >= 0.3 is 5.97 Å². The van der Waals surface area contributed by atoms with E-state index in [1.165, 1.54) is 12.6 Å². The third-order valence-corrected chi connectivity index (χ3v) is 14.8. The van der Waals surface area contributed by atoms with Crippen LogP contribution in [-0.2, 0) is 11.2 Å². The minimum Gasteiger partial charge on any atom is -0.476 e. The smallest absolute Gasteiger partial charge is 0.355 e. The Kier molecular flexibility index (Phi) is 12.5. The number of rotatable bonds is 19. The Balaban J connectivity index is 1.000. The highest BCUT2D eigenvalue weighted by Crippen LogP contribution is 2.71. The van der Waals surface area contributed by atoms with E-state index in [1.807, 2.05) is 24.8 Å². The number of anilines is 4. The molecule has 4 saturated carbocycles. The van der Waals surface area contributed by atoms with Crippen molar-refractivity contribution in [3.8, 4) is 0 Å². The molecule has 15 heteroatoms. The molecule has 332 valence electrons. The summed E-state index contributed by atoms with van der Waals surface area (Å²) in [6, 6.07) is 9.83. The number of ether oxygens (including phenoxy) is 1. The van der Waals surface area contributed by atoms with Crippen LogP contribution in [0.25, 0.3) is 15.8 Å². The predicted octanol–water partition coefficient (Wildman–Crippen LogP) is 7.80. The molecule has 1 aromatic carbocycles. The highest BCUT2D eigenvalue weighted by atomic mass is 32.1. The van der Waals surface area contributed by atoms with E-state index in [2.05, 4.69) is 64.7 Å². The molecule has 0 amide bonds. The van der Waals surface area contributed by atoms with Crippen molar-refractivity contribution in [2.24, 2.45) is 16.2 Å². The first-order valence-corrected chi connectivity index (χ1v) is 23.1. The number of aromatic nitrogens is 4. The Morgan fingerprint density at radius 1 is 0.984 bits per heavy atom. The van der Waals surface area contributed by atoms with Crippen molar-refractivity contribution in [2.75, 3.05) is 62.8 Å². The number of nitrogens with zero attached hydrogens (tertiary/aromatic N) is 6. The number of allylic oxidation sites excluding steroid dienone is 2. The predicted molar refractivity (Wildman–Crippen MR) is 245 cm³/mol. The summed E-state index contributed by atoms with van der Waals surface area (Å²) in [5, 5.41) is 55.1. The van der Waals surface area contributed by atoms with Crippen molar-refractivity contribution < 1.29 is 24.9 Å². The summed E-state index contributed by atoms with van der Waals surface area (Å²) in [6.07, 6.45) is 10.7. The van der Waals surface area contributed by atoms with Gasteiger partial charge in [0.2, 0.25) is 0 Å². The van der Waals surface area contributed by atoms with Gasteiger partial charge in [-0.25, -0.2) is 14.8 Å². The molecule has 4 aromatic rings. The molecule has 2 unspecified atom stereocenters. The molecular formula is C47H63N9O5S. The summed E-state index contributed by atoms with van der Waals surface area (Å²) in [7, 11) is 0. The number of nitrogens with one attached hydrogen (secondary N) is 3. The Bertz CT molecular complexity index is 2340. The van der Waals surface area contributed by atoms with Crippen LogP contribution in [0.2, 0.25) is 0 Å². The van der Waals surface area contributed by atoms with Crippen molar-refractivity contribution in [2.45, 2.75) is 104 Å². The number of pyridine rings is 1. The van der Waals surface area contributed by atoms with Crippen LogP contribution in [0, 0.1) is 35.5 Å². The van der Waals surface area contributed by atoms with Gasteiger partial charge in [0, 0.05) is 80.1 Å². The first kappa shape index (κ1) is 44.1. The molecule has 4 aliphatic carbocycles. The average Bonchev–Trinajstić information content (AvgIpc) is 3.62. The number of benzene rings is 1. The fourth-order valence-electron chi connectivity index (χ4n) is 12.4. The highest BCUT2D eigenvalue weighted by Gasteiger charge is 2.66. The molecule has 1 aliphatic heterocycles. The highest BCUT2D eigenvalue weighted by molar-refractivity contribution is 7.22. The van der Waals surface area contributed by atoms with Crippen molar-refractivity contribution in [1.82, 2.24) is 30.4 Å². The number of carbonyl (C=O) groups is 1. The lowest BCUT2D eigenvalue weighted by molar-refractivity contribution is -0.244. The van der Waals surface area contributed by atoms with Crippen molar-refractivity contribution in [3.05, 3.63) is 64.0 Å². The molecular weight excluding hydrogens is 803 g/mol. The molecule has 14 nitrogen and oxygen atoms in total. The van der Waals surface area contributed by atoms with E-state index in [0.29, 0.717) is 61.1 Å². The van der Waals surface area contributed by atoms with Crippen molar-refractivity contribution >= 4 is 61.9 Å². The van der Waals surface area contributed by atoms with Gasteiger partial charge in [-0.3, -0.25) is 0 Å². The van der Waals surface area contributed by atoms with Crippen LogP contribution in [0.3, 0.4) is 0 Å².